The molecule has 7 nitrogen and oxygen atoms in total. The Kier molecular flexibility index (Phi) is 6.14. The fourth-order valence-electron chi connectivity index (χ4n) is 3.51. The summed E-state index contributed by atoms with van der Waals surface area (Å²) in [4.78, 5) is 13.0. The van der Waals surface area contributed by atoms with Crippen LogP contribution < -0.4 is 5.32 Å². The van der Waals surface area contributed by atoms with Crippen molar-refractivity contribution in [1.82, 2.24) is 9.78 Å². The molecule has 1 aliphatic rings. The molecule has 1 fully saturated rings. The molecule has 1 aromatic heterocycles. The molecular formula is C21H29N3O4S. The predicted octanol–water partition coefficient (Wildman–Crippen LogP) is 2.95. The largest absolute Gasteiger partial charge is 0.381 e. The molecule has 0 radical (unpaired) electrons. The van der Waals surface area contributed by atoms with Crippen molar-refractivity contribution in [1.29, 1.82) is 0 Å². The van der Waals surface area contributed by atoms with Crippen molar-refractivity contribution >= 4 is 21.6 Å². The van der Waals surface area contributed by atoms with Gasteiger partial charge in [0.15, 0.2) is 9.84 Å². The van der Waals surface area contributed by atoms with E-state index in [9.17, 15) is 13.2 Å². The quantitative estimate of drug-likeness (QED) is 0.777. The summed E-state index contributed by atoms with van der Waals surface area (Å²) in [5.41, 5.74) is 2.49. The molecule has 0 bridgehead atoms. The fraction of sp³-hybridized carbons (Fsp3) is 0.524. The average Bonchev–Trinajstić information content (AvgIpc) is 2.97. The van der Waals surface area contributed by atoms with Crippen LogP contribution in [0, 0.1) is 12.8 Å². The van der Waals surface area contributed by atoms with E-state index < -0.39 is 20.5 Å². The molecule has 1 N–H and O–H groups in total. The number of anilines is 1. The Morgan fingerprint density at radius 2 is 1.86 bits per heavy atom. The van der Waals surface area contributed by atoms with Gasteiger partial charge in [-0.05, 0) is 39.5 Å². The number of amides is 1. The Morgan fingerprint density at radius 1 is 1.24 bits per heavy atom. The van der Waals surface area contributed by atoms with Crippen molar-refractivity contribution in [3.8, 4) is 11.3 Å². The van der Waals surface area contributed by atoms with Gasteiger partial charge in [-0.15, -0.1) is 0 Å². The highest BCUT2D eigenvalue weighted by molar-refractivity contribution is 7.93. The molecule has 29 heavy (non-hydrogen) atoms. The van der Waals surface area contributed by atoms with Gasteiger partial charge in [0.25, 0.3) is 0 Å². The Morgan fingerprint density at radius 3 is 2.48 bits per heavy atom. The number of sulfone groups is 1. The number of aromatic nitrogens is 2. The number of hydrogen-bond acceptors (Lipinski definition) is 5. The smallest absolute Gasteiger partial charge is 0.246 e. The van der Waals surface area contributed by atoms with Crippen molar-refractivity contribution in [3.63, 3.8) is 0 Å². The summed E-state index contributed by atoms with van der Waals surface area (Å²) in [6.45, 7) is 5.96. The van der Waals surface area contributed by atoms with Gasteiger partial charge in [0, 0.05) is 31.4 Å². The lowest BCUT2D eigenvalue weighted by Gasteiger charge is -2.28. The van der Waals surface area contributed by atoms with E-state index >= 15 is 0 Å². The molecule has 1 saturated heterocycles. The van der Waals surface area contributed by atoms with Gasteiger partial charge in [0.05, 0.1) is 11.4 Å². The molecule has 0 saturated carbocycles. The van der Waals surface area contributed by atoms with Crippen LogP contribution >= 0.6 is 0 Å². The number of nitrogens with zero attached hydrogens (tertiary/aromatic N) is 2. The molecule has 0 unspecified atom stereocenters. The van der Waals surface area contributed by atoms with E-state index in [1.165, 1.54) is 13.8 Å². The second-order valence-corrected chi connectivity index (χ2v) is 10.7. The Labute approximate surface area is 172 Å². The second-order valence-electron chi connectivity index (χ2n) is 8.11. The van der Waals surface area contributed by atoms with E-state index in [2.05, 4.69) is 10.4 Å². The Hall–Kier alpha value is -2.19. The molecule has 2 aromatic rings. The molecule has 1 aliphatic heterocycles. The number of ether oxygens (including phenoxy) is 1. The zero-order valence-electron chi connectivity index (χ0n) is 17.4. The number of benzene rings is 1. The monoisotopic (exact) mass is 419 g/mol. The first-order valence-corrected chi connectivity index (χ1v) is 11.5. The van der Waals surface area contributed by atoms with Crippen LogP contribution in [-0.2, 0) is 26.4 Å². The van der Waals surface area contributed by atoms with E-state index in [0.717, 1.165) is 16.8 Å². The van der Waals surface area contributed by atoms with Gasteiger partial charge in [-0.25, -0.2) is 8.42 Å². The number of hydrogen-bond donors (Lipinski definition) is 1. The third-order valence-electron chi connectivity index (χ3n) is 5.68. The van der Waals surface area contributed by atoms with Gasteiger partial charge in [0.1, 0.15) is 10.6 Å². The summed E-state index contributed by atoms with van der Waals surface area (Å²) in [5, 5.41) is 7.32. The number of carbonyl (C=O) groups excluding carboxylic acids is 1. The lowest BCUT2D eigenvalue weighted by molar-refractivity contribution is -0.117. The third-order valence-corrected chi connectivity index (χ3v) is 8.33. The second kappa shape index (κ2) is 8.28. The van der Waals surface area contributed by atoms with Gasteiger partial charge in [-0.1, -0.05) is 30.3 Å². The van der Waals surface area contributed by atoms with Gasteiger partial charge in [0.2, 0.25) is 5.91 Å². The zero-order chi connectivity index (χ0) is 21.2. The summed E-state index contributed by atoms with van der Waals surface area (Å²) in [6.07, 6.45) is 1.41. The molecule has 3 rings (SSSR count). The summed E-state index contributed by atoms with van der Waals surface area (Å²) in [7, 11) is -1.91. The van der Waals surface area contributed by atoms with Crippen LogP contribution in [0.2, 0.25) is 0 Å². The maximum atomic E-state index is 13.0. The first-order valence-electron chi connectivity index (χ1n) is 9.84. The molecule has 1 aromatic carbocycles. The van der Waals surface area contributed by atoms with Crippen molar-refractivity contribution in [2.45, 2.75) is 38.4 Å². The first kappa shape index (κ1) is 21.5. The molecule has 1 amide bonds. The van der Waals surface area contributed by atoms with Gasteiger partial charge in [-0.2, -0.15) is 5.10 Å². The van der Waals surface area contributed by atoms with E-state index in [1.54, 1.807) is 11.7 Å². The molecule has 8 heteroatoms. The zero-order valence-corrected chi connectivity index (χ0v) is 18.3. The van der Waals surface area contributed by atoms with Crippen LogP contribution in [0.15, 0.2) is 30.3 Å². The van der Waals surface area contributed by atoms with Crippen LogP contribution in [0.25, 0.3) is 11.3 Å². The first-order chi connectivity index (χ1) is 13.6. The molecular weight excluding hydrogens is 390 g/mol. The third kappa shape index (κ3) is 4.38. The molecule has 0 atom stereocenters. The van der Waals surface area contributed by atoms with Crippen molar-refractivity contribution in [2.75, 3.05) is 24.3 Å². The Bertz CT molecular complexity index is 975. The minimum Gasteiger partial charge on any atom is -0.381 e. The average molecular weight is 420 g/mol. The van der Waals surface area contributed by atoms with Crippen LogP contribution in [0.4, 0.5) is 5.82 Å². The Balaban J connectivity index is 1.81. The fourth-order valence-corrected chi connectivity index (χ4v) is 5.21. The van der Waals surface area contributed by atoms with E-state index in [1.807, 2.05) is 37.3 Å². The van der Waals surface area contributed by atoms with Crippen molar-refractivity contribution in [2.24, 2.45) is 13.0 Å². The summed E-state index contributed by atoms with van der Waals surface area (Å²) in [6, 6.07) is 9.67. The highest BCUT2D eigenvalue weighted by atomic mass is 32.2. The van der Waals surface area contributed by atoms with Gasteiger partial charge < -0.3 is 10.1 Å². The van der Waals surface area contributed by atoms with Crippen molar-refractivity contribution < 1.29 is 17.9 Å². The van der Waals surface area contributed by atoms with E-state index in [0.29, 0.717) is 31.9 Å². The molecule has 158 valence electrons. The van der Waals surface area contributed by atoms with Crippen LogP contribution in [0.3, 0.4) is 0 Å². The lowest BCUT2D eigenvalue weighted by Crippen LogP contribution is -2.47. The maximum Gasteiger partial charge on any atom is 0.246 e. The molecule has 0 spiro atoms. The summed E-state index contributed by atoms with van der Waals surface area (Å²) in [5.74, 6) is -0.0152. The summed E-state index contributed by atoms with van der Waals surface area (Å²) >= 11 is 0. The standard InChI is InChI=1S/C21H29N3O4S/c1-15-18(17-8-6-5-7-9-17)23-24(4)19(15)22-20(25)21(2,3)29(26,27)14-16-10-12-28-13-11-16/h5-9,16H,10-14H2,1-4H3,(H,22,25). The highest BCUT2D eigenvalue weighted by Gasteiger charge is 2.43. The number of nitrogens with one attached hydrogen (secondary N) is 1. The van der Waals surface area contributed by atoms with Crippen molar-refractivity contribution in [3.05, 3.63) is 35.9 Å². The highest BCUT2D eigenvalue weighted by Crippen LogP contribution is 2.30. The van der Waals surface area contributed by atoms with Crippen LogP contribution in [-0.4, -0.2) is 47.8 Å². The number of rotatable bonds is 6. The van der Waals surface area contributed by atoms with Gasteiger partial charge >= 0.3 is 0 Å². The van der Waals surface area contributed by atoms with E-state index in [4.69, 9.17) is 4.74 Å². The number of carbonyl (C=O) groups is 1. The van der Waals surface area contributed by atoms with Gasteiger partial charge in [-0.3, -0.25) is 9.48 Å². The normalized spacial score (nSPS) is 16.0. The minimum absolute atomic E-state index is 0.00356. The molecule has 0 aliphatic carbocycles. The summed E-state index contributed by atoms with van der Waals surface area (Å²) < 4.78 is 31.4. The SMILES string of the molecule is Cc1c(-c2ccccc2)nn(C)c1NC(=O)C(C)(C)S(=O)(=O)CC1CCOCC1. The molecule has 2 heterocycles. The lowest BCUT2D eigenvalue weighted by atomic mass is 10.0. The minimum atomic E-state index is -3.65. The topological polar surface area (TPSA) is 90.3 Å². The predicted molar refractivity (Wildman–Crippen MR) is 113 cm³/mol. The van der Waals surface area contributed by atoms with Crippen LogP contribution in [0.5, 0.6) is 0 Å². The number of aryl methyl sites for hydroxylation is 1. The van der Waals surface area contributed by atoms with Crippen LogP contribution in [0.1, 0.15) is 32.3 Å². The maximum absolute atomic E-state index is 13.0. The van der Waals surface area contributed by atoms with E-state index in [-0.39, 0.29) is 11.7 Å².